The van der Waals surface area contributed by atoms with Crippen molar-refractivity contribution in [1.29, 1.82) is 0 Å². The number of rotatable bonds is 0. The quantitative estimate of drug-likeness (QED) is 0.549. The third-order valence-corrected chi connectivity index (χ3v) is 2.79. The zero-order valence-electron chi connectivity index (χ0n) is 8.06. The second kappa shape index (κ2) is 3.15. The SMILES string of the molecule is CC(C)(C)[C@H]1CC[C@@H](F)C(=O)C1. The summed E-state index contributed by atoms with van der Waals surface area (Å²) in [5.41, 5.74) is 0.149. The molecular formula is C10H17FO. The molecule has 1 aliphatic rings. The molecule has 0 spiro atoms. The van der Waals surface area contributed by atoms with Crippen LogP contribution in [0.2, 0.25) is 0 Å². The Morgan fingerprint density at radius 2 is 1.92 bits per heavy atom. The summed E-state index contributed by atoms with van der Waals surface area (Å²) in [6.07, 6.45) is 0.547. The van der Waals surface area contributed by atoms with Crippen LogP contribution < -0.4 is 0 Å². The van der Waals surface area contributed by atoms with Gasteiger partial charge >= 0.3 is 0 Å². The molecule has 12 heavy (non-hydrogen) atoms. The van der Waals surface area contributed by atoms with Gasteiger partial charge in [-0.05, 0) is 24.2 Å². The summed E-state index contributed by atoms with van der Waals surface area (Å²) in [5, 5.41) is 0. The van der Waals surface area contributed by atoms with E-state index in [9.17, 15) is 9.18 Å². The molecule has 1 aliphatic carbocycles. The van der Waals surface area contributed by atoms with Crippen LogP contribution in [0.15, 0.2) is 0 Å². The lowest BCUT2D eigenvalue weighted by molar-refractivity contribution is -0.128. The summed E-state index contributed by atoms with van der Waals surface area (Å²) in [6, 6.07) is 0. The van der Waals surface area contributed by atoms with Crippen LogP contribution >= 0.6 is 0 Å². The van der Waals surface area contributed by atoms with E-state index in [0.717, 1.165) is 6.42 Å². The Balaban J connectivity index is 2.57. The van der Waals surface area contributed by atoms with Gasteiger partial charge in [0.2, 0.25) is 0 Å². The van der Waals surface area contributed by atoms with E-state index in [2.05, 4.69) is 20.8 Å². The van der Waals surface area contributed by atoms with Crippen LogP contribution in [0.25, 0.3) is 0 Å². The predicted molar refractivity (Wildman–Crippen MR) is 46.7 cm³/mol. The third kappa shape index (κ3) is 2.05. The maximum Gasteiger partial charge on any atom is 0.167 e. The van der Waals surface area contributed by atoms with E-state index in [4.69, 9.17) is 0 Å². The number of halogens is 1. The molecule has 1 rings (SSSR count). The Kier molecular flexibility index (Phi) is 2.55. The van der Waals surface area contributed by atoms with Gasteiger partial charge in [0.1, 0.15) is 0 Å². The van der Waals surface area contributed by atoms with E-state index in [1.807, 2.05) is 0 Å². The van der Waals surface area contributed by atoms with E-state index in [0.29, 0.717) is 18.8 Å². The van der Waals surface area contributed by atoms with Crippen molar-refractivity contribution in [2.75, 3.05) is 0 Å². The van der Waals surface area contributed by atoms with Crippen LogP contribution in [0.4, 0.5) is 4.39 Å². The van der Waals surface area contributed by atoms with Crippen molar-refractivity contribution in [2.24, 2.45) is 11.3 Å². The second-order valence-corrected chi connectivity index (χ2v) is 4.78. The first-order chi connectivity index (χ1) is 5.41. The molecule has 0 bridgehead atoms. The molecule has 0 N–H and O–H groups in total. The van der Waals surface area contributed by atoms with Gasteiger partial charge in [-0.2, -0.15) is 0 Å². The Hall–Kier alpha value is -0.400. The Bertz CT molecular complexity index is 181. The van der Waals surface area contributed by atoms with Crippen molar-refractivity contribution in [2.45, 2.75) is 46.2 Å². The maximum atomic E-state index is 12.8. The molecule has 1 fully saturated rings. The molecule has 0 aromatic heterocycles. The van der Waals surface area contributed by atoms with E-state index in [1.165, 1.54) is 0 Å². The molecule has 0 aliphatic heterocycles. The van der Waals surface area contributed by atoms with Crippen molar-refractivity contribution in [3.63, 3.8) is 0 Å². The van der Waals surface area contributed by atoms with Crippen molar-refractivity contribution in [3.05, 3.63) is 0 Å². The number of Topliss-reactive ketones (excluding diaryl/α,β-unsaturated/α-hetero) is 1. The van der Waals surface area contributed by atoms with Gasteiger partial charge in [-0.3, -0.25) is 4.79 Å². The lowest BCUT2D eigenvalue weighted by Gasteiger charge is -2.34. The van der Waals surface area contributed by atoms with Crippen LogP contribution in [0.5, 0.6) is 0 Å². The highest BCUT2D eigenvalue weighted by Gasteiger charge is 2.34. The second-order valence-electron chi connectivity index (χ2n) is 4.78. The fraction of sp³-hybridized carbons (Fsp3) is 0.900. The fourth-order valence-electron chi connectivity index (χ4n) is 1.72. The molecule has 0 unspecified atom stereocenters. The van der Waals surface area contributed by atoms with Gasteiger partial charge in [-0.1, -0.05) is 20.8 Å². The highest BCUT2D eigenvalue weighted by Crippen LogP contribution is 2.36. The number of alkyl halides is 1. The molecule has 0 aromatic carbocycles. The van der Waals surface area contributed by atoms with Crippen molar-refractivity contribution in [3.8, 4) is 0 Å². The molecule has 0 heterocycles. The highest BCUT2D eigenvalue weighted by atomic mass is 19.1. The van der Waals surface area contributed by atoms with Crippen molar-refractivity contribution < 1.29 is 9.18 Å². The predicted octanol–water partition coefficient (Wildman–Crippen LogP) is 2.74. The first kappa shape index (κ1) is 9.69. The van der Waals surface area contributed by atoms with Crippen LogP contribution in [-0.2, 0) is 4.79 Å². The Morgan fingerprint density at radius 1 is 1.33 bits per heavy atom. The third-order valence-electron chi connectivity index (χ3n) is 2.79. The summed E-state index contributed by atoms with van der Waals surface area (Å²) < 4.78 is 12.8. The molecule has 2 heteroatoms. The summed E-state index contributed by atoms with van der Waals surface area (Å²) in [7, 11) is 0. The Morgan fingerprint density at radius 3 is 2.33 bits per heavy atom. The number of hydrogen-bond acceptors (Lipinski definition) is 1. The van der Waals surface area contributed by atoms with Crippen molar-refractivity contribution >= 4 is 5.78 Å². The molecular weight excluding hydrogens is 155 g/mol. The minimum Gasteiger partial charge on any atom is -0.296 e. The number of carbonyl (C=O) groups excluding carboxylic acids is 1. The molecule has 0 radical (unpaired) electrons. The smallest absolute Gasteiger partial charge is 0.167 e. The van der Waals surface area contributed by atoms with Gasteiger partial charge < -0.3 is 0 Å². The molecule has 0 amide bonds. The minimum atomic E-state index is -1.18. The van der Waals surface area contributed by atoms with Crippen LogP contribution in [0, 0.1) is 11.3 Å². The van der Waals surface area contributed by atoms with E-state index in [-0.39, 0.29) is 11.2 Å². The minimum absolute atomic E-state index is 0.149. The van der Waals surface area contributed by atoms with E-state index < -0.39 is 6.17 Å². The van der Waals surface area contributed by atoms with Gasteiger partial charge in [0.05, 0.1) is 0 Å². The summed E-state index contributed by atoms with van der Waals surface area (Å²) >= 11 is 0. The van der Waals surface area contributed by atoms with Crippen LogP contribution in [-0.4, -0.2) is 12.0 Å². The lowest BCUT2D eigenvalue weighted by Crippen LogP contribution is -2.32. The van der Waals surface area contributed by atoms with E-state index in [1.54, 1.807) is 0 Å². The maximum absolute atomic E-state index is 12.8. The summed E-state index contributed by atoms with van der Waals surface area (Å²) in [4.78, 5) is 11.1. The molecule has 0 aromatic rings. The molecule has 0 saturated heterocycles. The molecule has 1 nitrogen and oxygen atoms in total. The average Bonchev–Trinajstić information content (AvgIpc) is 1.92. The molecule has 70 valence electrons. The number of hydrogen-bond donors (Lipinski definition) is 0. The van der Waals surface area contributed by atoms with Gasteiger partial charge in [0.25, 0.3) is 0 Å². The monoisotopic (exact) mass is 172 g/mol. The largest absolute Gasteiger partial charge is 0.296 e. The highest BCUT2D eigenvalue weighted by molar-refractivity contribution is 5.83. The first-order valence-electron chi connectivity index (χ1n) is 4.58. The van der Waals surface area contributed by atoms with Crippen molar-refractivity contribution in [1.82, 2.24) is 0 Å². The van der Waals surface area contributed by atoms with Gasteiger partial charge in [0, 0.05) is 6.42 Å². The van der Waals surface area contributed by atoms with Crippen LogP contribution in [0.3, 0.4) is 0 Å². The topological polar surface area (TPSA) is 17.1 Å². The van der Waals surface area contributed by atoms with Gasteiger partial charge in [-0.15, -0.1) is 0 Å². The lowest BCUT2D eigenvalue weighted by atomic mass is 9.72. The first-order valence-corrected chi connectivity index (χ1v) is 4.58. The van der Waals surface area contributed by atoms with Gasteiger partial charge in [-0.25, -0.2) is 4.39 Å². The summed E-state index contributed by atoms with van der Waals surface area (Å²) in [6.45, 7) is 6.34. The zero-order valence-corrected chi connectivity index (χ0v) is 8.06. The molecule has 1 saturated carbocycles. The van der Waals surface area contributed by atoms with Crippen LogP contribution in [0.1, 0.15) is 40.0 Å². The van der Waals surface area contributed by atoms with Gasteiger partial charge in [0.15, 0.2) is 12.0 Å². The summed E-state index contributed by atoms with van der Waals surface area (Å²) in [5.74, 6) is 0.179. The fourth-order valence-corrected chi connectivity index (χ4v) is 1.72. The average molecular weight is 172 g/mol. The standard InChI is InChI=1S/C10H17FO/c1-10(2,3)7-4-5-8(11)9(12)6-7/h7-8H,4-6H2,1-3H3/t7-,8+/m0/s1. The normalized spacial score (nSPS) is 32.2. The zero-order chi connectivity index (χ0) is 9.35. The van der Waals surface area contributed by atoms with E-state index >= 15 is 0 Å². The number of carbonyl (C=O) groups is 1. The number of ketones is 1. The molecule has 2 atom stereocenters. The Labute approximate surface area is 73.3 Å².